The lowest BCUT2D eigenvalue weighted by molar-refractivity contribution is -0.393. The fourth-order valence-electron chi connectivity index (χ4n) is 2.40. The van der Waals surface area contributed by atoms with Gasteiger partial charge in [0.15, 0.2) is 0 Å². The number of rotatable bonds is 8. The number of nitro benzene ring substituents is 2. The quantitative estimate of drug-likeness (QED) is 0.407. The maximum absolute atomic E-state index is 12.3. The third-order valence-corrected chi connectivity index (χ3v) is 3.67. The lowest BCUT2D eigenvalue weighted by Gasteiger charge is -2.18. The number of nitrogens with one attached hydrogen (secondary N) is 1. The number of benzene rings is 2. The van der Waals surface area contributed by atoms with E-state index in [9.17, 15) is 30.1 Å². The molecule has 0 spiro atoms. The van der Waals surface area contributed by atoms with Crippen LogP contribution in [0.1, 0.15) is 12.5 Å². The minimum atomic E-state index is -0.963. The zero-order valence-corrected chi connectivity index (χ0v) is 14.3. The maximum atomic E-state index is 12.3. The Morgan fingerprint density at radius 1 is 1.15 bits per heavy atom. The average Bonchev–Trinajstić information content (AvgIpc) is 2.63. The first-order valence-electron chi connectivity index (χ1n) is 7.95. The molecule has 0 aliphatic heterocycles. The maximum Gasteiger partial charge on any atom is 0.328 e. The highest BCUT2D eigenvalue weighted by atomic mass is 16.6. The number of aromatic hydroxyl groups is 1. The Kier molecular flexibility index (Phi) is 6.26. The van der Waals surface area contributed by atoms with Crippen molar-refractivity contribution < 1.29 is 24.5 Å². The molecular formula is C17H17N3O7. The van der Waals surface area contributed by atoms with Gasteiger partial charge in [-0.1, -0.05) is 12.1 Å². The summed E-state index contributed by atoms with van der Waals surface area (Å²) in [5, 5.41) is 34.2. The Morgan fingerprint density at radius 2 is 1.81 bits per heavy atom. The first-order chi connectivity index (χ1) is 12.8. The molecule has 0 heterocycles. The summed E-state index contributed by atoms with van der Waals surface area (Å²) in [6.07, 6.45) is 0.132. The number of carbonyl (C=O) groups is 1. The second kappa shape index (κ2) is 8.61. The van der Waals surface area contributed by atoms with Gasteiger partial charge in [-0.2, -0.15) is 0 Å². The monoisotopic (exact) mass is 375 g/mol. The smallest absolute Gasteiger partial charge is 0.328 e. The van der Waals surface area contributed by atoms with E-state index in [1.54, 1.807) is 19.1 Å². The van der Waals surface area contributed by atoms with E-state index >= 15 is 0 Å². The van der Waals surface area contributed by atoms with Gasteiger partial charge in [0.2, 0.25) is 0 Å². The lowest BCUT2D eigenvalue weighted by atomic mass is 10.0. The van der Waals surface area contributed by atoms with Crippen LogP contribution in [0.5, 0.6) is 5.75 Å². The molecule has 0 radical (unpaired) electrons. The SMILES string of the molecule is CCOC(=O)[C@@H](Cc1ccc(O)cc1)Nc1ccc([N+](=O)[O-])cc1[N+](=O)[O-]. The summed E-state index contributed by atoms with van der Waals surface area (Å²) in [6.45, 7) is 1.75. The molecule has 0 aliphatic rings. The number of hydrogen-bond acceptors (Lipinski definition) is 8. The average molecular weight is 375 g/mol. The van der Waals surface area contributed by atoms with E-state index in [1.165, 1.54) is 18.2 Å². The molecule has 10 heteroatoms. The molecule has 1 atom stereocenters. The minimum Gasteiger partial charge on any atom is -0.508 e. The molecule has 0 aromatic heterocycles. The number of carbonyl (C=O) groups excluding carboxylic acids is 1. The van der Waals surface area contributed by atoms with Crippen molar-refractivity contribution in [1.82, 2.24) is 0 Å². The van der Waals surface area contributed by atoms with E-state index in [4.69, 9.17) is 4.74 Å². The molecule has 2 N–H and O–H groups in total. The van der Waals surface area contributed by atoms with Gasteiger partial charge in [0.05, 0.1) is 22.5 Å². The van der Waals surface area contributed by atoms with E-state index in [0.29, 0.717) is 5.56 Å². The summed E-state index contributed by atoms with van der Waals surface area (Å²) >= 11 is 0. The van der Waals surface area contributed by atoms with Crippen LogP contribution in [0.4, 0.5) is 17.1 Å². The van der Waals surface area contributed by atoms with Crippen LogP contribution < -0.4 is 5.32 Å². The van der Waals surface area contributed by atoms with E-state index < -0.39 is 33.2 Å². The highest BCUT2D eigenvalue weighted by Gasteiger charge is 2.26. The van der Waals surface area contributed by atoms with Crippen LogP contribution in [0.15, 0.2) is 42.5 Å². The molecule has 0 saturated heterocycles. The second-order valence-corrected chi connectivity index (χ2v) is 5.54. The van der Waals surface area contributed by atoms with Gasteiger partial charge in [0.25, 0.3) is 11.4 Å². The van der Waals surface area contributed by atoms with Crippen LogP contribution in [-0.2, 0) is 16.0 Å². The Labute approximate surface area is 153 Å². The third kappa shape index (κ3) is 5.14. The van der Waals surface area contributed by atoms with E-state index in [1.807, 2.05) is 0 Å². The summed E-state index contributed by atoms with van der Waals surface area (Å²) in [6, 6.07) is 8.26. The first-order valence-corrected chi connectivity index (χ1v) is 7.95. The van der Waals surface area contributed by atoms with Crippen molar-refractivity contribution in [2.24, 2.45) is 0 Å². The van der Waals surface area contributed by atoms with Crippen LogP contribution in [0, 0.1) is 20.2 Å². The lowest BCUT2D eigenvalue weighted by Crippen LogP contribution is -2.33. The fraction of sp³-hybridized carbons (Fsp3) is 0.235. The minimum absolute atomic E-state index is 0.0394. The van der Waals surface area contributed by atoms with Crippen LogP contribution >= 0.6 is 0 Å². The summed E-state index contributed by atoms with van der Waals surface area (Å²) < 4.78 is 5.01. The number of non-ortho nitro benzene ring substituents is 1. The Hall–Kier alpha value is -3.69. The summed E-state index contributed by atoms with van der Waals surface area (Å²) in [7, 11) is 0. The number of phenolic OH excluding ortho intramolecular Hbond substituents is 1. The number of nitrogens with zero attached hydrogens (tertiary/aromatic N) is 2. The number of esters is 1. The molecule has 0 aliphatic carbocycles. The highest BCUT2D eigenvalue weighted by molar-refractivity contribution is 5.81. The van der Waals surface area contributed by atoms with E-state index in [0.717, 1.165) is 12.1 Å². The van der Waals surface area contributed by atoms with Crippen molar-refractivity contribution in [2.75, 3.05) is 11.9 Å². The van der Waals surface area contributed by atoms with Gasteiger partial charge >= 0.3 is 5.97 Å². The van der Waals surface area contributed by atoms with E-state index in [-0.39, 0.29) is 24.5 Å². The van der Waals surface area contributed by atoms with Crippen molar-refractivity contribution in [2.45, 2.75) is 19.4 Å². The van der Waals surface area contributed by atoms with Gasteiger partial charge in [0.1, 0.15) is 17.5 Å². The van der Waals surface area contributed by atoms with Gasteiger partial charge in [-0.15, -0.1) is 0 Å². The van der Waals surface area contributed by atoms with Crippen molar-refractivity contribution in [3.05, 3.63) is 68.3 Å². The molecule has 27 heavy (non-hydrogen) atoms. The van der Waals surface area contributed by atoms with Crippen LogP contribution in [0.3, 0.4) is 0 Å². The number of hydrogen-bond donors (Lipinski definition) is 2. The second-order valence-electron chi connectivity index (χ2n) is 5.54. The molecule has 0 amide bonds. The van der Waals surface area contributed by atoms with Crippen molar-refractivity contribution in [3.63, 3.8) is 0 Å². The Balaban J connectivity index is 2.33. The molecular weight excluding hydrogens is 358 g/mol. The van der Waals surface area contributed by atoms with Crippen molar-refractivity contribution in [3.8, 4) is 5.75 Å². The number of ether oxygens (including phenoxy) is 1. The number of anilines is 1. The molecule has 2 aromatic rings. The van der Waals surface area contributed by atoms with Crippen LogP contribution in [0.25, 0.3) is 0 Å². The van der Waals surface area contributed by atoms with Gasteiger partial charge in [0, 0.05) is 12.5 Å². The molecule has 0 unspecified atom stereocenters. The topological polar surface area (TPSA) is 145 Å². The Morgan fingerprint density at radius 3 is 2.37 bits per heavy atom. The van der Waals surface area contributed by atoms with E-state index in [2.05, 4.69) is 5.32 Å². The number of phenols is 1. The normalized spacial score (nSPS) is 11.4. The molecule has 10 nitrogen and oxygen atoms in total. The summed E-state index contributed by atoms with van der Waals surface area (Å²) in [5.41, 5.74) is -0.312. The molecule has 142 valence electrons. The fourth-order valence-corrected chi connectivity index (χ4v) is 2.40. The molecule has 0 saturated carbocycles. The van der Waals surface area contributed by atoms with Gasteiger partial charge in [-0.05, 0) is 30.7 Å². The van der Waals surface area contributed by atoms with Crippen molar-refractivity contribution >= 4 is 23.0 Å². The van der Waals surface area contributed by atoms with Gasteiger partial charge < -0.3 is 15.2 Å². The Bertz CT molecular complexity index is 852. The molecule has 0 fully saturated rings. The largest absolute Gasteiger partial charge is 0.508 e. The van der Waals surface area contributed by atoms with Crippen LogP contribution in [-0.4, -0.2) is 33.6 Å². The summed E-state index contributed by atoms with van der Waals surface area (Å²) in [5.74, 6) is -0.566. The predicted octanol–water partition coefficient (Wildman–Crippen LogP) is 2.79. The number of nitro groups is 2. The zero-order chi connectivity index (χ0) is 20.0. The zero-order valence-electron chi connectivity index (χ0n) is 14.3. The van der Waals surface area contributed by atoms with Crippen molar-refractivity contribution in [1.29, 1.82) is 0 Å². The summed E-state index contributed by atoms with van der Waals surface area (Å²) in [4.78, 5) is 32.9. The highest BCUT2D eigenvalue weighted by Crippen LogP contribution is 2.30. The molecule has 2 aromatic carbocycles. The third-order valence-electron chi connectivity index (χ3n) is 3.67. The molecule has 2 rings (SSSR count). The van der Waals surface area contributed by atoms with Gasteiger partial charge in [-0.3, -0.25) is 20.2 Å². The van der Waals surface area contributed by atoms with Crippen LogP contribution in [0.2, 0.25) is 0 Å². The van der Waals surface area contributed by atoms with Gasteiger partial charge in [-0.25, -0.2) is 4.79 Å². The predicted molar refractivity (Wildman–Crippen MR) is 95.6 cm³/mol. The molecule has 0 bridgehead atoms. The standard InChI is InChI=1S/C17H17N3O7/c1-2-27-17(22)15(9-11-3-6-13(21)7-4-11)18-14-8-5-12(19(23)24)10-16(14)20(25)26/h3-8,10,15,18,21H,2,9H2,1H3/t15-/m1/s1. The first kappa shape index (κ1) is 19.6.